The molecule has 2 amide bonds. The van der Waals surface area contributed by atoms with Gasteiger partial charge in [-0.25, -0.2) is 9.18 Å². The van der Waals surface area contributed by atoms with Gasteiger partial charge in [-0.15, -0.1) is 0 Å². The van der Waals surface area contributed by atoms with E-state index in [0.29, 0.717) is 13.1 Å². The summed E-state index contributed by atoms with van der Waals surface area (Å²) in [6, 6.07) is 3.65. The third-order valence-electron chi connectivity index (χ3n) is 4.54. The normalized spacial score (nSPS) is 22.9. The van der Waals surface area contributed by atoms with Gasteiger partial charge in [0.15, 0.2) is 0 Å². The number of nitrogens with zero attached hydrogens (tertiary/aromatic N) is 2. The number of carbonyl (C=O) groups is 2. The quantitative estimate of drug-likeness (QED) is 0.759. The lowest BCUT2D eigenvalue weighted by molar-refractivity contribution is -0.00335. The van der Waals surface area contributed by atoms with Gasteiger partial charge in [-0.2, -0.15) is 0 Å². The van der Waals surface area contributed by atoms with Crippen molar-refractivity contribution in [3.63, 3.8) is 0 Å². The summed E-state index contributed by atoms with van der Waals surface area (Å²) in [5, 5.41) is 0.104. The molecule has 2 aliphatic rings. The van der Waals surface area contributed by atoms with Crippen molar-refractivity contribution in [2.45, 2.75) is 51.3 Å². The molecule has 0 saturated carbocycles. The number of likely N-dealkylation sites (tertiary alicyclic amines) is 1. The van der Waals surface area contributed by atoms with E-state index in [-0.39, 0.29) is 34.7 Å². The Labute approximate surface area is 151 Å². The summed E-state index contributed by atoms with van der Waals surface area (Å²) in [5.41, 5.74) is -0.265. The van der Waals surface area contributed by atoms with Gasteiger partial charge >= 0.3 is 6.09 Å². The number of fused-ring (bicyclic) bond motifs is 2. The average Bonchev–Trinajstić information content (AvgIpc) is 2.75. The molecule has 2 aliphatic heterocycles. The van der Waals surface area contributed by atoms with Gasteiger partial charge < -0.3 is 9.64 Å². The number of halogens is 2. The second-order valence-electron chi connectivity index (χ2n) is 7.61. The third kappa shape index (κ3) is 3.73. The predicted molar refractivity (Wildman–Crippen MR) is 92.2 cm³/mol. The van der Waals surface area contributed by atoms with E-state index >= 15 is 0 Å². The van der Waals surface area contributed by atoms with Crippen LogP contribution >= 0.6 is 11.6 Å². The van der Waals surface area contributed by atoms with Crippen LogP contribution in [-0.4, -0.2) is 52.6 Å². The summed E-state index contributed by atoms with van der Waals surface area (Å²) in [4.78, 5) is 28.7. The smallest absolute Gasteiger partial charge is 0.410 e. The first-order chi connectivity index (χ1) is 11.7. The lowest BCUT2D eigenvalue weighted by Gasteiger charge is -2.41. The Balaban J connectivity index is 1.73. The highest BCUT2D eigenvalue weighted by molar-refractivity contribution is 6.33. The van der Waals surface area contributed by atoms with Crippen molar-refractivity contribution in [2.24, 2.45) is 0 Å². The molecule has 0 aliphatic carbocycles. The summed E-state index contributed by atoms with van der Waals surface area (Å²) in [7, 11) is 0. The van der Waals surface area contributed by atoms with Gasteiger partial charge in [0.1, 0.15) is 11.4 Å². The molecule has 5 nitrogen and oxygen atoms in total. The van der Waals surface area contributed by atoms with Crippen LogP contribution in [0.3, 0.4) is 0 Å². The van der Waals surface area contributed by atoms with Gasteiger partial charge in [0, 0.05) is 13.1 Å². The topological polar surface area (TPSA) is 49.9 Å². The highest BCUT2D eigenvalue weighted by Crippen LogP contribution is 2.33. The summed E-state index contributed by atoms with van der Waals surface area (Å²) in [6.45, 7) is 6.37. The number of amides is 2. The largest absolute Gasteiger partial charge is 0.444 e. The Morgan fingerprint density at radius 1 is 1.20 bits per heavy atom. The number of benzene rings is 1. The van der Waals surface area contributed by atoms with E-state index in [1.54, 1.807) is 9.80 Å². The predicted octanol–water partition coefficient (Wildman–Crippen LogP) is 3.70. The first kappa shape index (κ1) is 18.0. The second kappa shape index (κ2) is 6.48. The van der Waals surface area contributed by atoms with Gasteiger partial charge in [0.05, 0.1) is 22.7 Å². The second-order valence-corrected chi connectivity index (χ2v) is 8.01. The lowest BCUT2D eigenvalue weighted by Crippen LogP contribution is -2.57. The van der Waals surface area contributed by atoms with Crippen LogP contribution in [0.15, 0.2) is 18.2 Å². The van der Waals surface area contributed by atoms with E-state index in [2.05, 4.69) is 0 Å². The number of piperazine rings is 1. The van der Waals surface area contributed by atoms with Crippen LogP contribution in [0.25, 0.3) is 0 Å². The summed E-state index contributed by atoms with van der Waals surface area (Å²) in [5.74, 6) is -0.706. The highest BCUT2D eigenvalue weighted by atomic mass is 35.5. The van der Waals surface area contributed by atoms with Crippen molar-refractivity contribution in [1.82, 2.24) is 9.80 Å². The van der Waals surface area contributed by atoms with Gasteiger partial charge in [0.2, 0.25) is 0 Å². The monoisotopic (exact) mass is 368 g/mol. The maximum Gasteiger partial charge on any atom is 0.410 e. The first-order valence-corrected chi connectivity index (χ1v) is 8.79. The molecule has 2 fully saturated rings. The van der Waals surface area contributed by atoms with Crippen LogP contribution in [0, 0.1) is 5.82 Å². The summed E-state index contributed by atoms with van der Waals surface area (Å²) in [6.07, 6.45) is 1.35. The molecule has 0 N–H and O–H groups in total. The molecule has 2 unspecified atom stereocenters. The molecule has 0 aromatic heterocycles. The molecule has 25 heavy (non-hydrogen) atoms. The molecule has 2 bridgehead atoms. The zero-order valence-corrected chi connectivity index (χ0v) is 15.3. The fourth-order valence-corrected chi connectivity index (χ4v) is 3.76. The zero-order valence-electron chi connectivity index (χ0n) is 14.6. The maximum atomic E-state index is 13.2. The van der Waals surface area contributed by atoms with Crippen LogP contribution in [0.1, 0.15) is 44.0 Å². The van der Waals surface area contributed by atoms with E-state index in [1.807, 2.05) is 20.8 Å². The highest BCUT2D eigenvalue weighted by Gasteiger charge is 2.45. The molecule has 1 aromatic rings. The number of rotatable bonds is 1. The number of hydrogen-bond donors (Lipinski definition) is 0. The van der Waals surface area contributed by atoms with Crippen molar-refractivity contribution >= 4 is 23.6 Å². The van der Waals surface area contributed by atoms with E-state index in [4.69, 9.17) is 16.3 Å². The first-order valence-electron chi connectivity index (χ1n) is 8.41. The molecular weight excluding hydrogens is 347 g/mol. The number of carbonyl (C=O) groups excluding carboxylic acids is 2. The van der Waals surface area contributed by atoms with E-state index in [1.165, 1.54) is 12.1 Å². The minimum Gasteiger partial charge on any atom is -0.444 e. The van der Waals surface area contributed by atoms with Crippen LogP contribution in [0.4, 0.5) is 9.18 Å². The summed E-state index contributed by atoms with van der Waals surface area (Å²) >= 11 is 6.01. The molecule has 0 radical (unpaired) electrons. The lowest BCUT2D eigenvalue weighted by atomic mass is 10.1. The minimum absolute atomic E-state index is 0.0585. The van der Waals surface area contributed by atoms with Crippen LogP contribution in [0.5, 0.6) is 0 Å². The fourth-order valence-electron chi connectivity index (χ4n) is 3.51. The fraction of sp³-hybridized carbons (Fsp3) is 0.556. The molecule has 1 aromatic carbocycles. The molecule has 3 rings (SSSR count). The van der Waals surface area contributed by atoms with Gasteiger partial charge in [0.25, 0.3) is 5.91 Å². The van der Waals surface area contributed by atoms with Crippen molar-refractivity contribution in [1.29, 1.82) is 0 Å². The standard InChI is InChI=1S/C18H22ClFN2O3/c1-18(2,3)25-17(24)22-12-5-6-13(22)10-21(9-12)16(23)14-7-4-11(20)8-15(14)19/h4,7-8,12-13H,5-6,9-10H2,1-3H3. The number of ether oxygens (including phenoxy) is 1. The van der Waals surface area contributed by atoms with Crippen molar-refractivity contribution in [3.8, 4) is 0 Å². The van der Waals surface area contributed by atoms with Gasteiger partial charge in [-0.3, -0.25) is 9.69 Å². The van der Waals surface area contributed by atoms with Gasteiger partial charge in [-0.1, -0.05) is 11.6 Å². The van der Waals surface area contributed by atoms with E-state index in [0.717, 1.165) is 18.9 Å². The SMILES string of the molecule is CC(C)(C)OC(=O)N1C2CCC1CN(C(=O)c1ccc(F)cc1Cl)C2. The van der Waals surface area contributed by atoms with E-state index in [9.17, 15) is 14.0 Å². The summed E-state index contributed by atoms with van der Waals surface area (Å²) < 4.78 is 18.7. The Hall–Kier alpha value is -1.82. The maximum absolute atomic E-state index is 13.2. The minimum atomic E-state index is -0.550. The van der Waals surface area contributed by atoms with Crippen molar-refractivity contribution in [2.75, 3.05) is 13.1 Å². The van der Waals surface area contributed by atoms with Crippen molar-refractivity contribution in [3.05, 3.63) is 34.6 Å². The average molecular weight is 369 g/mol. The van der Waals surface area contributed by atoms with Crippen LogP contribution in [-0.2, 0) is 4.74 Å². The molecule has 7 heteroatoms. The molecule has 2 saturated heterocycles. The molecule has 136 valence electrons. The van der Waals surface area contributed by atoms with Gasteiger partial charge in [-0.05, 0) is 51.8 Å². The van der Waals surface area contributed by atoms with E-state index < -0.39 is 11.4 Å². The Kier molecular flexibility index (Phi) is 4.66. The molecule has 2 atom stereocenters. The molecular formula is C18H22ClFN2O3. The Morgan fingerprint density at radius 3 is 2.32 bits per heavy atom. The van der Waals surface area contributed by atoms with Crippen LogP contribution < -0.4 is 0 Å². The zero-order chi connectivity index (χ0) is 18.4. The van der Waals surface area contributed by atoms with Crippen molar-refractivity contribution < 1.29 is 18.7 Å². The Bertz CT molecular complexity index is 690. The molecule has 2 heterocycles. The number of hydrogen-bond acceptors (Lipinski definition) is 3. The molecule has 0 spiro atoms. The third-order valence-corrected chi connectivity index (χ3v) is 4.85. The van der Waals surface area contributed by atoms with Crippen LogP contribution in [0.2, 0.25) is 5.02 Å². The Morgan fingerprint density at radius 2 is 1.80 bits per heavy atom.